The fourth-order valence-corrected chi connectivity index (χ4v) is 3.19. The molecular formula is C10H14N4O4S. The lowest BCUT2D eigenvalue weighted by Crippen LogP contribution is -2.35. The van der Waals surface area contributed by atoms with Gasteiger partial charge in [0.1, 0.15) is 4.90 Å². The summed E-state index contributed by atoms with van der Waals surface area (Å²) in [5, 5.41) is 23.3. The molecule has 0 fully saturated rings. The van der Waals surface area contributed by atoms with Crippen molar-refractivity contribution in [3.05, 3.63) is 11.4 Å². The topological polar surface area (TPSA) is 136 Å². The normalized spacial score (nSPS) is 12.9. The van der Waals surface area contributed by atoms with Gasteiger partial charge in [-0.1, -0.05) is 6.92 Å². The second-order valence-corrected chi connectivity index (χ2v) is 5.57. The summed E-state index contributed by atoms with van der Waals surface area (Å²) in [6.45, 7) is 3.14. The van der Waals surface area contributed by atoms with E-state index < -0.39 is 32.6 Å². The van der Waals surface area contributed by atoms with Crippen molar-refractivity contribution in [2.45, 2.75) is 37.6 Å². The van der Waals surface area contributed by atoms with Crippen molar-refractivity contribution in [1.82, 2.24) is 14.9 Å². The van der Waals surface area contributed by atoms with Gasteiger partial charge in [0, 0.05) is 6.04 Å². The van der Waals surface area contributed by atoms with Crippen molar-refractivity contribution in [1.29, 1.82) is 5.26 Å². The molecule has 1 aromatic heterocycles. The molecule has 1 rings (SSSR count). The molecule has 19 heavy (non-hydrogen) atoms. The molecule has 0 bridgehead atoms. The van der Waals surface area contributed by atoms with Crippen LogP contribution in [0.15, 0.2) is 4.90 Å². The van der Waals surface area contributed by atoms with Crippen molar-refractivity contribution < 1.29 is 18.3 Å². The highest BCUT2D eigenvalue weighted by atomic mass is 32.2. The molecule has 104 valence electrons. The summed E-state index contributed by atoms with van der Waals surface area (Å²) in [5.41, 5.74) is -0.423. The highest BCUT2D eigenvalue weighted by Crippen LogP contribution is 2.18. The molecular weight excluding hydrogens is 272 g/mol. The molecule has 1 atom stereocenters. The molecule has 0 saturated carbocycles. The molecule has 1 heterocycles. The summed E-state index contributed by atoms with van der Waals surface area (Å²) in [4.78, 5) is 10.5. The van der Waals surface area contributed by atoms with Gasteiger partial charge in [-0.05, 0) is 13.3 Å². The maximum atomic E-state index is 12.1. The van der Waals surface area contributed by atoms with Crippen LogP contribution < -0.4 is 4.72 Å². The number of aryl methyl sites for hydroxylation is 1. The number of carbonyl (C=O) groups is 1. The average molecular weight is 286 g/mol. The van der Waals surface area contributed by atoms with Crippen LogP contribution in [0.4, 0.5) is 0 Å². The minimum absolute atomic E-state index is 0.00896. The van der Waals surface area contributed by atoms with Crippen LogP contribution >= 0.6 is 0 Å². The minimum Gasteiger partial charge on any atom is -0.476 e. The van der Waals surface area contributed by atoms with E-state index in [2.05, 4.69) is 14.9 Å². The summed E-state index contributed by atoms with van der Waals surface area (Å²) in [5.74, 6) is -1.43. The lowest BCUT2D eigenvalue weighted by Gasteiger charge is -2.13. The molecule has 0 aliphatic carbocycles. The summed E-state index contributed by atoms with van der Waals surface area (Å²) in [7, 11) is -4.03. The Morgan fingerprint density at radius 2 is 2.26 bits per heavy atom. The Kier molecular flexibility index (Phi) is 4.63. The van der Waals surface area contributed by atoms with Gasteiger partial charge < -0.3 is 5.11 Å². The van der Waals surface area contributed by atoms with Crippen molar-refractivity contribution in [2.24, 2.45) is 0 Å². The zero-order valence-corrected chi connectivity index (χ0v) is 11.3. The first-order chi connectivity index (χ1) is 8.83. The zero-order chi connectivity index (χ0) is 14.6. The third-order valence-electron chi connectivity index (χ3n) is 2.51. The number of rotatable bonds is 6. The molecule has 0 aliphatic rings. The lowest BCUT2D eigenvalue weighted by molar-refractivity contribution is 0.0686. The highest BCUT2D eigenvalue weighted by Gasteiger charge is 2.29. The smallest absolute Gasteiger partial charge is 0.357 e. The van der Waals surface area contributed by atoms with E-state index in [1.807, 2.05) is 6.07 Å². The summed E-state index contributed by atoms with van der Waals surface area (Å²) < 4.78 is 26.6. The Balaban J connectivity index is 3.18. The van der Waals surface area contributed by atoms with Crippen LogP contribution in [-0.4, -0.2) is 35.7 Å². The summed E-state index contributed by atoms with van der Waals surface area (Å²) in [6.07, 6.45) is 0.432. The van der Waals surface area contributed by atoms with Gasteiger partial charge >= 0.3 is 5.97 Å². The molecule has 1 aromatic rings. The SMILES string of the molecule is CCC(CC#N)NS(=O)(=O)c1c(C(=O)O)n[nH]c1C. The number of aromatic amines is 1. The van der Waals surface area contributed by atoms with E-state index in [4.69, 9.17) is 10.4 Å². The van der Waals surface area contributed by atoms with Crippen LogP contribution in [-0.2, 0) is 10.0 Å². The number of sulfonamides is 1. The van der Waals surface area contributed by atoms with E-state index in [9.17, 15) is 13.2 Å². The molecule has 9 heteroatoms. The number of carboxylic acids is 1. The van der Waals surface area contributed by atoms with Crippen LogP contribution in [0.25, 0.3) is 0 Å². The van der Waals surface area contributed by atoms with Gasteiger partial charge in [0.2, 0.25) is 10.0 Å². The number of aromatic carboxylic acids is 1. The van der Waals surface area contributed by atoms with Gasteiger partial charge in [-0.2, -0.15) is 10.4 Å². The van der Waals surface area contributed by atoms with E-state index in [1.54, 1.807) is 6.92 Å². The Morgan fingerprint density at radius 1 is 1.63 bits per heavy atom. The molecule has 0 radical (unpaired) electrons. The van der Waals surface area contributed by atoms with E-state index in [1.165, 1.54) is 6.92 Å². The largest absolute Gasteiger partial charge is 0.476 e. The maximum absolute atomic E-state index is 12.1. The molecule has 3 N–H and O–H groups in total. The van der Waals surface area contributed by atoms with Gasteiger partial charge in [0.25, 0.3) is 0 Å². The number of nitrogens with zero attached hydrogens (tertiary/aromatic N) is 2. The van der Waals surface area contributed by atoms with Gasteiger partial charge in [0.15, 0.2) is 5.69 Å². The van der Waals surface area contributed by atoms with Crippen LogP contribution in [0, 0.1) is 18.3 Å². The first-order valence-electron chi connectivity index (χ1n) is 5.51. The second-order valence-electron chi connectivity index (χ2n) is 3.92. The Hall–Kier alpha value is -1.92. The molecule has 1 unspecified atom stereocenters. The van der Waals surface area contributed by atoms with Crippen LogP contribution in [0.5, 0.6) is 0 Å². The van der Waals surface area contributed by atoms with Crippen LogP contribution in [0.3, 0.4) is 0 Å². The number of nitrogens with one attached hydrogen (secondary N) is 2. The predicted molar refractivity (Wildman–Crippen MR) is 64.9 cm³/mol. The lowest BCUT2D eigenvalue weighted by atomic mass is 10.2. The Labute approximate surface area is 110 Å². The third-order valence-corrected chi connectivity index (χ3v) is 4.20. The van der Waals surface area contributed by atoms with E-state index in [-0.39, 0.29) is 12.1 Å². The van der Waals surface area contributed by atoms with Crippen molar-refractivity contribution in [3.63, 3.8) is 0 Å². The fourth-order valence-electron chi connectivity index (χ4n) is 1.55. The number of nitriles is 1. The van der Waals surface area contributed by atoms with Crippen molar-refractivity contribution in [2.75, 3.05) is 0 Å². The Bertz CT molecular complexity index is 614. The summed E-state index contributed by atoms with van der Waals surface area (Å²) in [6, 6.07) is 1.31. The van der Waals surface area contributed by atoms with Crippen LogP contribution in [0.1, 0.15) is 35.9 Å². The fraction of sp³-hybridized carbons (Fsp3) is 0.500. The standard InChI is InChI=1S/C10H14N4O4S/c1-3-7(4-5-11)14-19(17,18)9-6(2)12-13-8(9)10(15)16/h7,14H,3-4H2,1-2H3,(H,12,13)(H,15,16). The molecule has 0 amide bonds. The van der Waals surface area contributed by atoms with E-state index in [0.29, 0.717) is 6.42 Å². The monoisotopic (exact) mass is 286 g/mol. The second kappa shape index (κ2) is 5.81. The van der Waals surface area contributed by atoms with Gasteiger partial charge in [0.05, 0.1) is 18.2 Å². The maximum Gasteiger partial charge on any atom is 0.357 e. The quantitative estimate of drug-likeness (QED) is 0.691. The molecule has 8 nitrogen and oxygen atoms in total. The van der Waals surface area contributed by atoms with Crippen molar-refractivity contribution in [3.8, 4) is 6.07 Å². The number of carboxylic acid groups (broad SMARTS) is 1. The number of hydrogen-bond donors (Lipinski definition) is 3. The summed E-state index contributed by atoms with van der Waals surface area (Å²) >= 11 is 0. The first kappa shape index (κ1) is 15.1. The van der Waals surface area contributed by atoms with E-state index in [0.717, 1.165) is 0 Å². The van der Waals surface area contributed by atoms with Crippen LogP contribution in [0.2, 0.25) is 0 Å². The van der Waals surface area contributed by atoms with Crippen molar-refractivity contribution >= 4 is 16.0 Å². The number of aromatic nitrogens is 2. The average Bonchev–Trinajstić information content (AvgIpc) is 2.71. The van der Waals surface area contributed by atoms with Gasteiger partial charge in [-0.3, -0.25) is 5.10 Å². The first-order valence-corrected chi connectivity index (χ1v) is 6.99. The molecule has 0 spiro atoms. The van der Waals surface area contributed by atoms with Gasteiger partial charge in [-0.25, -0.2) is 17.9 Å². The molecule has 0 aliphatic heterocycles. The molecule has 0 aromatic carbocycles. The number of hydrogen-bond acceptors (Lipinski definition) is 5. The Morgan fingerprint density at radius 3 is 2.74 bits per heavy atom. The molecule has 0 saturated heterocycles. The van der Waals surface area contributed by atoms with Gasteiger partial charge in [-0.15, -0.1) is 0 Å². The third kappa shape index (κ3) is 3.30. The highest BCUT2D eigenvalue weighted by molar-refractivity contribution is 7.89. The minimum atomic E-state index is -4.03. The van der Waals surface area contributed by atoms with E-state index >= 15 is 0 Å². The predicted octanol–water partition coefficient (Wildman–Crippen LogP) is 0.387. The number of H-pyrrole nitrogens is 1. The zero-order valence-electron chi connectivity index (χ0n) is 10.5.